The molecule has 3 nitrogen and oxygen atoms in total. The Bertz CT molecular complexity index is 353. The molecular weight excluding hydrogens is 174 g/mol. The molecule has 0 aliphatic rings. The number of nitrogens with zero attached hydrogens (tertiary/aromatic N) is 3. The van der Waals surface area contributed by atoms with Gasteiger partial charge in [-0.15, -0.1) is 0 Å². The van der Waals surface area contributed by atoms with Gasteiger partial charge in [0.05, 0.1) is 6.33 Å². The minimum Gasteiger partial charge on any atom is -0.337 e. The summed E-state index contributed by atoms with van der Waals surface area (Å²) in [4.78, 5) is 7.96. The minimum atomic E-state index is 0.905. The van der Waals surface area contributed by atoms with E-state index in [4.69, 9.17) is 0 Å². The van der Waals surface area contributed by atoms with Crippen LogP contribution < -0.4 is 0 Å². The Morgan fingerprint density at radius 2 is 2.00 bits per heavy atom. The van der Waals surface area contributed by atoms with Crippen molar-refractivity contribution in [3.8, 4) is 0 Å². The van der Waals surface area contributed by atoms with E-state index in [1.807, 2.05) is 41.6 Å². The zero-order valence-electron chi connectivity index (χ0n) is 7.87. The number of hydrogen-bond donors (Lipinski definition) is 0. The third kappa shape index (κ3) is 2.42. The lowest BCUT2D eigenvalue weighted by atomic mass is 10.1. The van der Waals surface area contributed by atoms with Gasteiger partial charge in [0.25, 0.3) is 0 Å². The molecule has 3 heteroatoms. The summed E-state index contributed by atoms with van der Waals surface area (Å²) in [6.07, 6.45) is 12.4. The highest BCUT2D eigenvalue weighted by molar-refractivity contribution is 5.11. The lowest BCUT2D eigenvalue weighted by molar-refractivity contribution is 0.756. The van der Waals surface area contributed by atoms with E-state index in [0.717, 1.165) is 13.0 Å². The van der Waals surface area contributed by atoms with Crippen molar-refractivity contribution in [3.05, 3.63) is 55.2 Å². The Morgan fingerprint density at radius 1 is 1.14 bits per heavy atom. The molecule has 2 aromatic rings. The average molecular weight is 186 g/mol. The summed E-state index contributed by atoms with van der Waals surface area (Å²) in [5.74, 6) is 0. The molecule has 0 amide bonds. The SMILES string of the molecule is [CH](Cc1ccncc1)Cn1ccnc1. The van der Waals surface area contributed by atoms with Crippen LogP contribution in [-0.4, -0.2) is 14.5 Å². The van der Waals surface area contributed by atoms with Crippen molar-refractivity contribution in [3.63, 3.8) is 0 Å². The van der Waals surface area contributed by atoms with E-state index in [1.165, 1.54) is 5.56 Å². The van der Waals surface area contributed by atoms with Crippen LogP contribution in [0, 0.1) is 6.42 Å². The number of rotatable bonds is 4. The van der Waals surface area contributed by atoms with Gasteiger partial charge in [0.1, 0.15) is 0 Å². The summed E-state index contributed by atoms with van der Waals surface area (Å²) in [5, 5.41) is 0. The summed E-state index contributed by atoms with van der Waals surface area (Å²) in [5.41, 5.74) is 1.29. The molecule has 0 aliphatic carbocycles. The first-order valence-corrected chi connectivity index (χ1v) is 4.61. The molecule has 0 atom stereocenters. The summed E-state index contributed by atoms with van der Waals surface area (Å²) in [7, 11) is 0. The largest absolute Gasteiger partial charge is 0.337 e. The van der Waals surface area contributed by atoms with Crippen LogP contribution in [-0.2, 0) is 13.0 Å². The molecule has 1 radical (unpaired) electrons. The third-order valence-electron chi connectivity index (χ3n) is 2.03. The van der Waals surface area contributed by atoms with Crippen molar-refractivity contribution < 1.29 is 0 Å². The first-order chi connectivity index (χ1) is 6.95. The van der Waals surface area contributed by atoms with E-state index >= 15 is 0 Å². The molecule has 2 aromatic heterocycles. The van der Waals surface area contributed by atoms with Crippen molar-refractivity contribution in [1.82, 2.24) is 14.5 Å². The highest BCUT2D eigenvalue weighted by Crippen LogP contribution is 2.01. The Labute approximate surface area is 83.4 Å². The molecule has 0 saturated carbocycles. The monoisotopic (exact) mass is 186 g/mol. The van der Waals surface area contributed by atoms with Gasteiger partial charge in [-0.05, 0) is 30.5 Å². The van der Waals surface area contributed by atoms with Crippen molar-refractivity contribution in [2.45, 2.75) is 13.0 Å². The van der Waals surface area contributed by atoms with Crippen molar-refractivity contribution >= 4 is 0 Å². The van der Waals surface area contributed by atoms with E-state index in [1.54, 1.807) is 6.20 Å². The fraction of sp³-hybridized carbons (Fsp3) is 0.182. The highest BCUT2D eigenvalue weighted by atomic mass is 15.0. The molecule has 2 heterocycles. The number of aromatic nitrogens is 3. The van der Waals surface area contributed by atoms with Gasteiger partial charge in [0.2, 0.25) is 0 Å². The van der Waals surface area contributed by atoms with Crippen LogP contribution in [0.25, 0.3) is 0 Å². The Morgan fingerprint density at radius 3 is 2.71 bits per heavy atom. The second-order valence-corrected chi connectivity index (χ2v) is 3.11. The Balaban J connectivity index is 1.79. The van der Waals surface area contributed by atoms with Crippen molar-refractivity contribution in [1.29, 1.82) is 0 Å². The molecule has 71 valence electrons. The zero-order valence-corrected chi connectivity index (χ0v) is 7.87. The fourth-order valence-electron chi connectivity index (χ4n) is 1.29. The van der Waals surface area contributed by atoms with Gasteiger partial charge in [-0.25, -0.2) is 4.98 Å². The van der Waals surface area contributed by atoms with Crippen LogP contribution in [0.3, 0.4) is 0 Å². The maximum Gasteiger partial charge on any atom is 0.0946 e. The lowest BCUT2D eigenvalue weighted by Gasteiger charge is -2.01. The molecule has 14 heavy (non-hydrogen) atoms. The standard InChI is InChI=1S/C11H12N3/c1(8-14-9-7-13-10-14)2-11-3-5-12-6-4-11/h1,3-7,9-10H,2,8H2. The van der Waals surface area contributed by atoms with E-state index in [9.17, 15) is 0 Å². The maximum absolute atomic E-state index is 3.98. The van der Waals surface area contributed by atoms with Gasteiger partial charge >= 0.3 is 0 Å². The summed E-state index contributed by atoms with van der Waals surface area (Å²) >= 11 is 0. The molecular formula is C11H12N3. The van der Waals surface area contributed by atoms with Gasteiger partial charge in [0.15, 0.2) is 0 Å². The Hall–Kier alpha value is -1.64. The first kappa shape index (κ1) is 8.94. The predicted octanol–water partition coefficient (Wildman–Crippen LogP) is 1.73. The van der Waals surface area contributed by atoms with Crippen molar-refractivity contribution in [2.24, 2.45) is 0 Å². The van der Waals surface area contributed by atoms with Crippen LogP contribution in [0.5, 0.6) is 0 Å². The summed E-state index contributed by atoms with van der Waals surface area (Å²) in [6.45, 7) is 0.905. The van der Waals surface area contributed by atoms with Gasteiger partial charge in [-0.2, -0.15) is 0 Å². The van der Waals surface area contributed by atoms with Crippen LogP contribution in [0.1, 0.15) is 5.56 Å². The van der Waals surface area contributed by atoms with Gasteiger partial charge in [-0.1, -0.05) is 0 Å². The molecule has 0 aromatic carbocycles. The van der Waals surface area contributed by atoms with Crippen LogP contribution in [0.2, 0.25) is 0 Å². The molecule has 0 bridgehead atoms. The molecule has 0 unspecified atom stereocenters. The number of imidazole rings is 1. The van der Waals surface area contributed by atoms with Crippen LogP contribution in [0.15, 0.2) is 43.2 Å². The summed E-state index contributed by atoms with van der Waals surface area (Å²) in [6, 6.07) is 4.06. The fourth-order valence-corrected chi connectivity index (χ4v) is 1.29. The minimum absolute atomic E-state index is 0.905. The first-order valence-electron chi connectivity index (χ1n) is 4.61. The highest BCUT2D eigenvalue weighted by Gasteiger charge is 1.93. The molecule has 0 spiro atoms. The van der Waals surface area contributed by atoms with E-state index < -0.39 is 0 Å². The average Bonchev–Trinajstić information content (AvgIpc) is 2.72. The summed E-state index contributed by atoms with van der Waals surface area (Å²) < 4.78 is 2.04. The number of hydrogen-bond acceptors (Lipinski definition) is 2. The van der Waals surface area contributed by atoms with Crippen LogP contribution in [0.4, 0.5) is 0 Å². The second-order valence-electron chi connectivity index (χ2n) is 3.11. The van der Waals surface area contributed by atoms with Gasteiger partial charge < -0.3 is 4.57 Å². The normalized spacial score (nSPS) is 10.3. The zero-order chi connectivity index (χ0) is 9.64. The topological polar surface area (TPSA) is 30.7 Å². The maximum atomic E-state index is 3.98. The third-order valence-corrected chi connectivity index (χ3v) is 2.03. The molecule has 0 fully saturated rings. The lowest BCUT2D eigenvalue weighted by Crippen LogP contribution is -1.97. The number of pyridine rings is 1. The van der Waals surface area contributed by atoms with E-state index in [0.29, 0.717) is 0 Å². The van der Waals surface area contributed by atoms with E-state index in [-0.39, 0.29) is 0 Å². The predicted molar refractivity (Wildman–Crippen MR) is 54.5 cm³/mol. The van der Waals surface area contributed by atoms with Crippen LogP contribution >= 0.6 is 0 Å². The van der Waals surface area contributed by atoms with Gasteiger partial charge in [0, 0.05) is 31.3 Å². The smallest absolute Gasteiger partial charge is 0.0946 e. The molecule has 0 aliphatic heterocycles. The van der Waals surface area contributed by atoms with E-state index in [2.05, 4.69) is 16.4 Å². The second kappa shape index (κ2) is 4.56. The molecule has 0 saturated heterocycles. The van der Waals surface area contributed by atoms with Gasteiger partial charge in [-0.3, -0.25) is 4.98 Å². The molecule has 2 rings (SSSR count). The quantitative estimate of drug-likeness (QED) is 0.728. The Kier molecular flexibility index (Phi) is 2.91. The molecule has 0 N–H and O–H groups in total. The van der Waals surface area contributed by atoms with Crippen molar-refractivity contribution in [2.75, 3.05) is 0 Å².